The van der Waals surface area contributed by atoms with E-state index in [1.807, 2.05) is 31.2 Å². The number of hydrogen-bond donors (Lipinski definition) is 2. The Morgan fingerprint density at radius 2 is 2.39 bits per heavy atom. The van der Waals surface area contributed by atoms with Gasteiger partial charge in [0, 0.05) is 18.8 Å². The first-order valence-electron chi connectivity index (χ1n) is 6.46. The zero-order valence-electron chi connectivity index (χ0n) is 10.7. The maximum atomic E-state index is 12.2. The van der Waals surface area contributed by atoms with Gasteiger partial charge in [-0.15, -0.1) is 0 Å². The number of hydrogen-bond acceptors (Lipinski definition) is 3. The molecule has 0 saturated carbocycles. The molecule has 4 nitrogen and oxygen atoms in total. The van der Waals surface area contributed by atoms with Crippen LogP contribution in [0.2, 0.25) is 0 Å². The molecule has 1 aromatic carbocycles. The number of carbonyl (C=O) groups excluding carboxylic acids is 1. The van der Waals surface area contributed by atoms with Crippen molar-refractivity contribution in [3.63, 3.8) is 0 Å². The molecule has 0 bridgehead atoms. The molecule has 2 atom stereocenters. The first-order valence-corrected chi connectivity index (χ1v) is 6.46. The van der Waals surface area contributed by atoms with E-state index in [4.69, 9.17) is 10.5 Å². The Hall–Kier alpha value is -1.39. The van der Waals surface area contributed by atoms with Crippen LogP contribution in [0.3, 0.4) is 0 Å². The lowest BCUT2D eigenvalue weighted by Crippen LogP contribution is -2.29. The van der Waals surface area contributed by atoms with Crippen molar-refractivity contribution in [3.8, 4) is 0 Å². The normalized spacial score (nSPS) is 23.0. The standard InChI is InChI=1S/C14H20N2O2/c1-2-13-12(6-7-18-13)14(17)16-11-5-3-4-10(8-11)9-15/h3-5,8,12-13H,2,6-7,9,15H2,1H3,(H,16,17). The zero-order chi connectivity index (χ0) is 13.0. The van der Waals surface area contributed by atoms with Gasteiger partial charge in [-0.25, -0.2) is 0 Å². The average molecular weight is 248 g/mol. The Kier molecular flexibility index (Phi) is 4.33. The summed E-state index contributed by atoms with van der Waals surface area (Å²) >= 11 is 0. The summed E-state index contributed by atoms with van der Waals surface area (Å²) in [6.07, 6.45) is 1.74. The topological polar surface area (TPSA) is 64.3 Å². The SMILES string of the molecule is CCC1OCCC1C(=O)Nc1cccc(CN)c1. The smallest absolute Gasteiger partial charge is 0.230 e. The second-order valence-corrected chi connectivity index (χ2v) is 4.61. The predicted molar refractivity (Wildman–Crippen MR) is 71.1 cm³/mol. The fraction of sp³-hybridized carbons (Fsp3) is 0.500. The van der Waals surface area contributed by atoms with Crippen LogP contribution in [0.25, 0.3) is 0 Å². The summed E-state index contributed by atoms with van der Waals surface area (Å²) in [7, 11) is 0. The van der Waals surface area contributed by atoms with Crippen LogP contribution in [0.15, 0.2) is 24.3 Å². The number of nitrogens with two attached hydrogens (primary N) is 1. The fourth-order valence-electron chi connectivity index (χ4n) is 2.36. The monoisotopic (exact) mass is 248 g/mol. The third-order valence-electron chi connectivity index (χ3n) is 3.38. The summed E-state index contributed by atoms with van der Waals surface area (Å²) in [6, 6.07) is 7.64. The van der Waals surface area contributed by atoms with Gasteiger partial charge in [0.1, 0.15) is 0 Å². The van der Waals surface area contributed by atoms with Crippen LogP contribution in [0.1, 0.15) is 25.3 Å². The van der Waals surface area contributed by atoms with Gasteiger partial charge in [0.15, 0.2) is 0 Å². The van der Waals surface area contributed by atoms with Crippen molar-refractivity contribution < 1.29 is 9.53 Å². The first-order chi connectivity index (χ1) is 8.74. The van der Waals surface area contributed by atoms with Crippen LogP contribution in [-0.2, 0) is 16.1 Å². The molecule has 1 saturated heterocycles. The summed E-state index contributed by atoms with van der Waals surface area (Å²) in [5, 5.41) is 2.95. The van der Waals surface area contributed by atoms with Crippen LogP contribution in [0, 0.1) is 5.92 Å². The van der Waals surface area contributed by atoms with E-state index in [0.717, 1.165) is 24.1 Å². The maximum Gasteiger partial charge on any atom is 0.230 e. The minimum atomic E-state index is -0.0310. The molecule has 0 spiro atoms. The summed E-state index contributed by atoms with van der Waals surface area (Å²) < 4.78 is 5.54. The van der Waals surface area contributed by atoms with E-state index < -0.39 is 0 Å². The van der Waals surface area contributed by atoms with E-state index in [0.29, 0.717) is 13.2 Å². The minimum absolute atomic E-state index is 0.0310. The van der Waals surface area contributed by atoms with Gasteiger partial charge in [0.05, 0.1) is 12.0 Å². The highest BCUT2D eigenvalue weighted by Crippen LogP contribution is 2.25. The molecule has 1 aliphatic heterocycles. The molecular weight excluding hydrogens is 228 g/mol. The van der Waals surface area contributed by atoms with Gasteiger partial charge >= 0.3 is 0 Å². The molecule has 1 heterocycles. The molecule has 0 aliphatic carbocycles. The van der Waals surface area contributed by atoms with E-state index in [9.17, 15) is 4.79 Å². The molecule has 2 unspecified atom stereocenters. The highest BCUT2D eigenvalue weighted by atomic mass is 16.5. The predicted octanol–water partition coefficient (Wildman–Crippen LogP) is 1.90. The van der Waals surface area contributed by atoms with Crippen molar-refractivity contribution in [1.82, 2.24) is 0 Å². The van der Waals surface area contributed by atoms with Crippen LogP contribution in [0.5, 0.6) is 0 Å². The molecular formula is C14H20N2O2. The highest BCUT2D eigenvalue weighted by molar-refractivity contribution is 5.93. The molecule has 0 aromatic heterocycles. The first kappa shape index (κ1) is 13.1. The van der Waals surface area contributed by atoms with E-state index >= 15 is 0 Å². The number of anilines is 1. The summed E-state index contributed by atoms with van der Waals surface area (Å²) in [4.78, 5) is 12.2. The average Bonchev–Trinajstić information content (AvgIpc) is 2.87. The Labute approximate surface area is 108 Å². The van der Waals surface area contributed by atoms with E-state index in [1.165, 1.54) is 0 Å². The molecule has 1 aliphatic rings. The van der Waals surface area contributed by atoms with Crippen molar-refractivity contribution in [3.05, 3.63) is 29.8 Å². The number of carbonyl (C=O) groups is 1. The fourth-order valence-corrected chi connectivity index (χ4v) is 2.36. The number of nitrogens with one attached hydrogen (secondary N) is 1. The second-order valence-electron chi connectivity index (χ2n) is 4.61. The Morgan fingerprint density at radius 3 is 3.11 bits per heavy atom. The molecule has 2 rings (SSSR count). The molecule has 1 aromatic rings. The molecule has 98 valence electrons. The molecule has 0 radical (unpaired) electrons. The highest BCUT2D eigenvalue weighted by Gasteiger charge is 2.32. The molecule has 18 heavy (non-hydrogen) atoms. The van der Waals surface area contributed by atoms with Gasteiger partial charge in [-0.05, 0) is 30.5 Å². The number of rotatable bonds is 4. The lowest BCUT2D eigenvalue weighted by Gasteiger charge is -2.16. The van der Waals surface area contributed by atoms with Crippen LogP contribution in [0.4, 0.5) is 5.69 Å². The van der Waals surface area contributed by atoms with E-state index in [1.54, 1.807) is 0 Å². The van der Waals surface area contributed by atoms with Gasteiger partial charge in [0.2, 0.25) is 5.91 Å². The lowest BCUT2D eigenvalue weighted by molar-refractivity contribution is -0.121. The Balaban J connectivity index is 2.02. The van der Waals surface area contributed by atoms with Gasteiger partial charge in [-0.3, -0.25) is 4.79 Å². The Bertz CT molecular complexity index is 420. The maximum absolute atomic E-state index is 12.2. The molecule has 1 amide bonds. The number of amides is 1. The van der Waals surface area contributed by atoms with Crippen molar-refractivity contribution in [2.24, 2.45) is 11.7 Å². The third kappa shape index (κ3) is 2.89. The van der Waals surface area contributed by atoms with Gasteiger partial charge < -0.3 is 15.8 Å². The van der Waals surface area contributed by atoms with Crippen molar-refractivity contribution in [1.29, 1.82) is 0 Å². The molecule has 1 fully saturated rings. The van der Waals surface area contributed by atoms with E-state index in [-0.39, 0.29) is 17.9 Å². The summed E-state index contributed by atoms with van der Waals surface area (Å²) in [5.41, 5.74) is 7.41. The van der Waals surface area contributed by atoms with Crippen molar-refractivity contribution in [2.75, 3.05) is 11.9 Å². The van der Waals surface area contributed by atoms with E-state index in [2.05, 4.69) is 5.32 Å². The molecule has 4 heteroatoms. The van der Waals surface area contributed by atoms with Crippen LogP contribution in [-0.4, -0.2) is 18.6 Å². The van der Waals surface area contributed by atoms with Crippen molar-refractivity contribution >= 4 is 11.6 Å². The van der Waals surface area contributed by atoms with Gasteiger partial charge in [0.25, 0.3) is 0 Å². The second kappa shape index (κ2) is 5.98. The summed E-state index contributed by atoms with van der Waals surface area (Å²) in [6.45, 7) is 3.21. The van der Waals surface area contributed by atoms with Gasteiger partial charge in [-0.2, -0.15) is 0 Å². The zero-order valence-corrected chi connectivity index (χ0v) is 10.7. The van der Waals surface area contributed by atoms with Crippen LogP contribution >= 0.6 is 0 Å². The minimum Gasteiger partial charge on any atom is -0.377 e. The summed E-state index contributed by atoms with van der Waals surface area (Å²) in [5.74, 6) is 0.0186. The lowest BCUT2D eigenvalue weighted by atomic mass is 9.98. The van der Waals surface area contributed by atoms with Crippen molar-refractivity contribution in [2.45, 2.75) is 32.4 Å². The third-order valence-corrected chi connectivity index (χ3v) is 3.38. The number of benzene rings is 1. The molecule has 3 N–H and O–H groups in total. The van der Waals surface area contributed by atoms with Crippen LogP contribution < -0.4 is 11.1 Å². The number of ether oxygens (including phenoxy) is 1. The quantitative estimate of drug-likeness (QED) is 0.855. The van der Waals surface area contributed by atoms with Gasteiger partial charge in [-0.1, -0.05) is 19.1 Å². The largest absolute Gasteiger partial charge is 0.377 e. The Morgan fingerprint density at radius 1 is 1.56 bits per heavy atom.